The van der Waals surface area contributed by atoms with Crippen LogP contribution in [-0.2, 0) is 8.85 Å². The molecule has 8 heteroatoms. The van der Waals surface area contributed by atoms with Crippen LogP contribution in [0.2, 0.25) is 36.3 Å². The second-order valence-corrected chi connectivity index (χ2v) is 20.4. The summed E-state index contributed by atoms with van der Waals surface area (Å²) in [7, 11) is -4.07. The van der Waals surface area contributed by atoms with Gasteiger partial charge in [0, 0.05) is 12.1 Å². The van der Waals surface area contributed by atoms with Gasteiger partial charge in [0.1, 0.15) is 0 Å². The van der Waals surface area contributed by atoms with E-state index in [0.29, 0.717) is 6.61 Å². The van der Waals surface area contributed by atoms with E-state index in [1.54, 1.807) is 12.1 Å². The Morgan fingerprint density at radius 1 is 0.966 bits per heavy atom. The number of hydrogen-bond donors (Lipinski definition) is 1. The molecule has 2 N–H and O–H groups in total. The van der Waals surface area contributed by atoms with Crippen LogP contribution in [0.5, 0.6) is 0 Å². The van der Waals surface area contributed by atoms with Gasteiger partial charge in [0.25, 0.3) is 5.69 Å². The van der Waals surface area contributed by atoms with Crippen LogP contribution in [-0.4, -0.2) is 34.2 Å². The molecule has 1 aromatic carbocycles. The van der Waals surface area contributed by atoms with Crippen LogP contribution in [0.15, 0.2) is 24.3 Å². The monoisotopic (exact) mass is 440 g/mol. The highest BCUT2D eigenvalue weighted by Crippen LogP contribution is 2.41. The Balaban J connectivity index is 3.17. The number of nitrogens with zero attached hydrogens (tertiary/aromatic N) is 1. The standard InChI is InChI=1S/C21H40N2O4Si2/c1-20(2,3)28(7,8)26-15-18(22)19(27-29(9,10)21(4,5)6)16-11-13-17(14-12-16)23(24)25/h11-14,18-19H,15,22H2,1-10H3/t18-,19+/m1/s1. The molecule has 29 heavy (non-hydrogen) atoms. The van der Waals surface area contributed by atoms with E-state index >= 15 is 0 Å². The molecule has 2 atom stereocenters. The molecule has 0 amide bonds. The number of nitro benzene ring substituents is 1. The van der Waals surface area contributed by atoms with Crippen LogP contribution in [0.1, 0.15) is 53.2 Å². The van der Waals surface area contributed by atoms with E-state index in [0.717, 1.165) is 5.56 Å². The zero-order valence-corrected chi connectivity index (χ0v) is 21.8. The van der Waals surface area contributed by atoms with Crippen molar-refractivity contribution in [2.24, 2.45) is 5.73 Å². The van der Waals surface area contributed by atoms with E-state index in [-0.39, 0.29) is 27.9 Å². The predicted octanol–water partition coefficient (Wildman–Crippen LogP) is 6.01. The normalized spacial score (nSPS) is 15.8. The molecule has 1 aromatic rings. The van der Waals surface area contributed by atoms with E-state index in [1.165, 1.54) is 12.1 Å². The molecule has 0 heterocycles. The zero-order valence-electron chi connectivity index (χ0n) is 19.8. The number of hydrogen-bond acceptors (Lipinski definition) is 5. The van der Waals surface area contributed by atoms with Crippen molar-refractivity contribution < 1.29 is 13.8 Å². The summed E-state index contributed by atoms with van der Waals surface area (Å²) in [6.07, 6.45) is -0.374. The largest absolute Gasteiger partial charge is 0.415 e. The summed E-state index contributed by atoms with van der Waals surface area (Å²) in [6, 6.07) is 6.17. The third-order valence-corrected chi connectivity index (χ3v) is 15.4. The maximum atomic E-state index is 11.0. The lowest BCUT2D eigenvalue weighted by atomic mass is 10.0. The molecule has 0 aliphatic heterocycles. The van der Waals surface area contributed by atoms with E-state index in [9.17, 15) is 10.1 Å². The van der Waals surface area contributed by atoms with Crippen molar-refractivity contribution in [1.29, 1.82) is 0 Å². The predicted molar refractivity (Wildman–Crippen MR) is 125 cm³/mol. The highest BCUT2D eigenvalue weighted by Gasteiger charge is 2.42. The minimum absolute atomic E-state index is 0.0199. The lowest BCUT2D eigenvalue weighted by molar-refractivity contribution is -0.384. The van der Waals surface area contributed by atoms with Crippen LogP contribution in [0.4, 0.5) is 5.69 Å². The lowest BCUT2D eigenvalue weighted by Crippen LogP contribution is -2.49. The van der Waals surface area contributed by atoms with Crippen molar-refractivity contribution in [3.05, 3.63) is 39.9 Å². The third-order valence-electron chi connectivity index (χ3n) is 6.49. The molecule has 0 bridgehead atoms. The zero-order chi connectivity index (χ0) is 22.8. The highest BCUT2D eigenvalue weighted by atomic mass is 28.4. The van der Waals surface area contributed by atoms with E-state index in [4.69, 9.17) is 14.6 Å². The molecular formula is C21H40N2O4Si2. The molecule has 0 unspecified atom stereocenters. The smallest absolute Gasteiger partial charge is 0.269 e. The van der Waals surface area contributed by atoms with Crippen LogP contribution in [0.25, 0.3) is 0 Å². The molecule has 1 rings (SSSR count). The molecular weight excluding hydrogens is 400 g/mol. The van der Waals surface area contributed by atoms with Gasteiger partial charge in [-0.15, -0.1) is 0 Å². The summed E-state index contributed by atoms with van der Waals surface area (Å²) in [5, 5.41) is 11.1. The molecule has 6 nitrogen and oxygen atoms in total. The summed E-state index contributed by atoms with van der Waals surface area (Å²) in [4.78, 5) is 10.6. The van der Waals surface area contributed by atoms with Gasteiger partial charge in [-0.1, -0.05) is 41.5 Å². The first-order valence-corrected chi connectivity index (χ1v) is 16.0. The Hall–Kier alpha value is -1.07. The Bertz CT molecular complexity index is 692. The lowest BCUT2D eigenvalue weighted by Gasteiger charge is -2.42. The topological polar surface area (TPSA) is 87.6 Å². The van der Waals surface area contributed by atoms with Crippen LogP contribution in [0.3, 0.4) is 0 Å². The van der Waals surface area contributed by atoms with Crippen LogP contribution >= 0.6 is 0 Å². The fourth-order valence-corrected chi connectivity index (χ4v) is 4.63. The van der Waals surface area contributed by atoms with Gasteiger partial charge >= 0.3 is 0 Å². The van der Waals surface area contributed by atoms with Crippen molar-refractivity contribution >= 4 is 22.3 Å². The Kier molecular flexibility index (Phi) is 8.03. The second-order valence-electron chi connectivity index (χ2n) is 10.9. The molecule has 0 spiro atoms. The Morgan fingerprint density at radius 3 is 1.79 bits per heavy atom. The van der Waals surface area contributed by atoms with Crippen molar-refractivity contribution in [3.63, 3.8) is 0 Å². The minimum Gasteiger partial charge on any atom is -0.415 e. The molecule has 0 aliphatic rings. The van der Waals surface area contributed by atoms with Gasteiger partial charge in [0.05, 0.1) is 23.7 Å². The van der Waals surface area contributed by atoms with E-state index in [2.05, 4.69) is 67.7 Å². The van der Waals surface area contributed by atoms with Crippen molar-refractivity contribution in [2.75, 3.05) is 6.61 Å². The summed E-state index contributed by atoms with van der Waals surface area (Å²) >= 11 is 0. The summed E-state index contributed by atoms with van der Waals surface area (Å²) < 4.78 is 13.0. The maximum Gasteiger partial charge on any atom is 0.269 e. The molecule has 0 aliphatic carbocycles. The van der Waals surface area contributed by atoms with E-state index in [1.807, 2.05) is 0 Å². The fraction of sp³-hybridized carbons (Fsp3) is 0.714. The van der Waals surface area contributed by atoms with Gasteiger partial charge in [-0.25, -0.2) is 0 Å². The molecule has 0 aromatic heterocycles. The summed E-state index contributed by atoms with van der Waals surface area (Å²) in [6.45, 7) is 22.3. The first kappa shape index (κ1) is 26.0. The number of nitrogens with two attached hydrogens (primary N) is 1. The number of benzene rings is 1. The average molecular weight is 441 g/mol. The summed E-state index contributed by atoms with van der Waals surface area (Å²) in [5.41, 5.74) is 7.52. The van der Waals surface area contributed by atoms with Gasteiger partial charge in [-0.3, -0.25) is 10.1 Å². The Labute approximate surface area is 178 Å². The van der Waals surface area contributed by atoms with Crippen molar-refractivity contribution in [3.8, 4) is 0 Å². The minimum atomic E-state index is -2.12. The number of nitro groups is 1. The van der Waals surface area contributed by atoms with Crippen molar-refractivity contribution in [1.82, 2.24) is 0 Å². The number of non-ortho nitro benzene ring substituents is 1. The number of rotatable bonds is 8. The maximum absolute atomic E-state index is 11.0. The molecule has 0 saturated carbocycles. The first-order chi connectivity index (χ1) is 12.9. The van der Waals surface area contributed by atoms with Crippen molar-refractivity contribution in [2.45, 2.75) is 90.0 Å². The molecule has 0 fully saturated rings. The van der Waals surface area contributed by atoms with Crippen LogP contribution in [0, 0.1) is 10.1 Å². The highest BCUT2D eigenvalue weighted by molar-refractivity contribution is 6.74. The first-order valence-electron chi connectivity index (χ1n) is 10.2. The molecule has 166 valence electrons. The molecule has 0 radical (unpaired) electrons. The summed E-state index contributed by atoms with van der Waals surface area (Å²) in [5.74, 6) is 0. The van der Waals surface area contributed by atoms with Gasteiger partial charge in [0.2, 0.25) is 0 Å². The van der Waals surface area contributed by atoms with Gasteiger partial charge < -0.3 is 14.6 Å². The SMILES string of the molecule is CC(C)(C)[Si](C)(C)OC[C@@H](N)[C@@H](O[Si](C)(C)C(C)(C)C)c1ccc([N+](=O)[O-])cc1. The fourth-order valence-electron chi connectivity index (χ4n) is 2.29. The van der Waals surface area contributed by atoms with Gasteiger partial charge in [-0.2, -0.15) is 0 Å². The van der Waals surface area contributed by atoms with Gasteiger partial charge in [-0.05, 0) is 54.0 Å². The van der Waals surface area contributed by atoms with Crippen LogP contribution < -0.4 is 5.73 Å². The second kappa shape index (κ2) is 8.97. The van der Waals surface area contributed by atoms with Gasteiger partial charge in [0.15, 0.2) is 16.6 Å². The van der Waals surface area contributed by atoms with E-state index < -0.39 is 21.6 Å². The quantitative estimate of drug-likeness (QED) is 0.304. The Morgan fingerprint density at radius 2 is 1.41 bits per heavy atom. The third kappa shape index (κ3) is 6.72. The molecule has 0 saturated heterocycles. The average Bonchev–Trinajstić information content (AvgIpc) is 2.55.